The van der Waals surface area contributed by atoms with Gasteiger partial charge in [-0.25, -0.2) is 4.99 Å². The Hall–Kier alpha value is -2.69. The molecule has 3 aliphatic rings. The van der Waals surface area contributed by atoms with E-state index in [-0.39, 0.29) is 0 Å². The van der Waals surface area contributed by atoms with E-state index in [4.69, 9.17) is 19.9 Å². The predicted octanol–water partition coefficient (Wildman–Crippen LogP) is 2.14. The van der Waals surface area contributed by atoms with Gasteiger partial charge >= 0.3 is 0 Å². The fourth-order valence-corrected chi connectivity index (χ4v) is 3.52. The molecule has 3 aliphatic heterocycles. The highest BCUT2D eigenvalue weighted by atomic mass is 16.6. The number of nitrogens with zero attached hydrogens (tertiary/aromatic N) is 1. The number of ether oxygens (including phenoxy) is 3. The van der Waals surface area contributed by atoms with Gasteiger partial charge in [0, 0.05) is 11.6 Å². The summed E-state index contributed by atoms with van der Waals surface area (Å²) >= 11 is 0. The molecule has 0 aliphatic carbocycles. The molecule has 0 amide bonds. The van der Waals surface area contributed by atoms with Crippen molar-refractivity contribution in [1.82, 2.24) is 0 Å². The monoisotopic (exact) mass is 294 g/mol. The Labute approximate surface area is 127 Å². The van der Waals surface area contributed by atoms with Crippen LogP contribution >= 0.6 is 0 Å². The van der Waals surface area contributed by atoms with E-state index in [9.17, 15) is 0 Å². The minimum absolute atomic E-state index is 0.456. The van der Waals surface area contributed by atoms with Crippen LogP contribution in [0.4, 0.5) is 5.69 Å². The zero-order valence-electron chi connectivity index (χ0n) is 11.8. The van der Waals surface area contributed by atoms with E-state index in [1.807, 2.05) is 30.3 Å². The molecular formula is C17H14N2O3. The second-order valence-electron chi connectivity index (χ2n) is 5.70. The number of nitrogens with two attached hydrogens (primary N) is 1. The van der Waals surface area contributed by atoms with Crippen molar-refractivity contribution in [3.63, 3.8) is 0 Å². The highest BCUT2D eigenvalue weighted by Gasteiger charge is 2.50. The van der Waals surface area contributed by atoms with E-state index in [0.717, 1.165) is 34.1 Å². The Bertz CT molecular complexity index is 831. The zero-order valence-corrected chi connectivity index (χ0v) is 11.8. The molecule has 22 heavy (non-hydrogen) atoms. The van der Waals surface area contributed by atoms with E-state index in [0.29, 0.717) is 25.7 Å². The van der Waals surface area contributed by atoms with E-state index < -0.39 is 5.41 Å². The topological polar surface area (TPSA) is 66.1 Å². The molecule has 2 aromatic rings. The Morgan fingerprint density at radius 2 is 1.68 bits per heavy atom. The molecule has 5 nitrogen and oxygen atoms in total. The van der Waals surface area contributed by atoms with Crippen molar-refractivity contribution in [2.24, 2.45) is 10.7 Å². The lowest BCUT2D eigenvalue weighted by atomic mass is 9.76. The lowest BCUT2D eigenvalue weighted by Crippen LogP contribution is -2.41. The van der Waals surface area contributed by atoms with Gasteiger partial charge in [0.05, 0.1) is 5.69 Å². The van der Waals surface area contributed by atoms with E-state index >= 15 is 0 Å². The van der Waals surface area contributed by atoms with Crippen LogP contribution in [-0.2, 0) is 5.41 Å². The van der Waals surface area contributed by atoms with Gasteiger partial charge in [0.2, 0.25) is 0 Å². The van der Waals surface area contributed by atoms with Gasteiger partial charge in [-0.3, -0.25) is 0 Å². The van der Waals surface area contributed by atoms with Crippen molar-refractivity contribution < 1.29 is 14.2 Å². The highest BCUT2D eigenvalue weighted by molar-refractivity contribution is 6.03. The fourth-order valence-electron chi connectivity index (χ4n) is 3.52. The molecule has 0 saturated heterocycles. The molecule has 110 valence electrons. The molecule has 5 rings (SSSR count). The summed E-state index contributed by atoms with van der Waals surface area (Å²) in [6.45, 7) is 1.57. The van der Waals surface area contributed by atoms with Crippen LogP contribution in [0.1, 0.15) is 11.1 Å². The molecule has 0 radical (unpaired) electrons. The lowest BCUT2D eigenvalue weighted by Gasteiger charge is -2.25. The normalized spacial score (nSPS) is 23.7. The van der Waals surface area contributed by atoms with Gasteiger partial charge in [-0.1, -0.05) is 18.2 Å². The number of fused-ring (bicyclic) bond motifs is 5. The first kappa shape index (κ1) is 11.9. The SMILES string of the molecule is NC1=Nc2ccccc2C12COc1cc3c(cc12)OCCO3. The summed E-state index contributed by atoms with van der Waals surface area (Å²) in [4.78, 5) is 4.54. The van der Waals surface area contributed by atoms with Gasteiger partial charge in [0.15, 0.2) is 11.5 Å². The van der Waals surface area contributed by atoms with Gasteiger partial charge < -0.3 is 19.9 Å². The van der Waals surface area contributed by atoms with Gasteiger partial charge in [0.25, 0.3) is 0 Å². The second kappa shape index (κ2) is 3.94. The molecule has 0 bridgehead atoms. The average molecular weight is 294 g/mol. The molecular weight excluding hydrogens is 280 g/mol. The molecule has 3 heterocycles. The van der Waals surface area contributed by atoms with E-state index in [2.05, 4.69) is 11.1 Å². The molecule has 5 heteroatoms. The summed E-state index contributed by atoms with van der Waals surface area (Å²) in [5, 5.41) is 0. The summed E-state index contributed by atoms with van der Waals surface area (Å²) in [6.07, 6.45) is 0. The fraction of sp³-hybridized carbons (Fsp3) is 0.235. The molecule has 0 saturated carbocycles. The van der Waals surface area contributed by atoms with Crippen LogP contribution in [0, 0.1) is 0 Å². The predicted molar refractivity (Wildman–Crippen MR) is 81.4 cm³/mol. The number of para-hydroxylation sites is 1. The van der Waals surface area contributed by atoms with Crippen molar-refractivity contribution in [1.29, 1.82) is 0 Å². The smallest absolute Gasteiger partial charge is 0.165 e. The van der Waals surface area contributed by atoms with Crippen molar-refractivity contribution in [2.75, 3.05) is 19.8 Å². The maximum atomic E-state index is 6.31. The number of rotatable bonds is 0. The first-order chi connectivity index (χ1) is 10.8. The Morgan fingerprint density at radius 3 is 2.55 bits per heavy atom. The highest BCUT2D eigenvalue weighted by Crippen LogP contribution is 2.53. The number of hydrogen-bond acceptors (Lipinski definition) is 5. The van der Waals surface area contributed by atoms with Gasteiger partial charge in [-0.15, -0.1) is 0 Å². The summed E-state index contributed by atoms with van der Waals surface area (Å²) in [7, 11) is 0. The molecule has 0 fully saturated rings. The quantitative estimate of drug-likeness (QED) is 0.808. The van der Waals surface area contributed by atoms with Crippen LogP contribution < -0.4 is 19.9 Å². The third-order valence-electron chi connectivity index (χ3n) is 4.59. The van der Waals surface area contributed by atoms with Crippen LogP contribution in [0.3, 0.4) is 0 Å². The van der Waals surface area contributed by atoms with Crippen LogP contribution in [0.25, 0.3) is 0 Å². The first-order valence-corrected chi connectivity index (χ1v) is 7.30. The van der Waals surface area contributed by atoms with Gasteiger partial charge in [-0.05, 0) is 17.7 Å². The number of aliphatic imine (C=N–C) groups is 1. The Kier molecular flexibility index (Phi) is 2.13. The van der Waals surface area contributed by atoms with Crippen molar-refractivity contribution in [2.45, 2.75) is 5.41 Å². The van der Waals surface area contributed by atoms with Crippen molar-refractivity contribution >= 4 is 11.5 Å². The van der Waals surface area contributed by atoms with Crippen LogP contribution in [-0.4, -0.2) is 25.7 Å². The largest absolute Gasteiger partial charge is 0.491 e. The standard InChI is InChI=1S/C17H14N2O3/c18-16-17(10-3-1-2-4-12(10)19-16)9-22-13-8-15-14(7-11(13)17)20-5-6-21-15/h1-4,7-8H,5-6,9H2,(H2,18,19). The lowest BCUT2D eigenvalue weighted by molar-refractivity contribution is 0.171. The van der Waals surface area contributed by atoms with E-state index in [1.54, 1.807) is 0 Å². The average Bonchev–Trinajstić information content (AvgIpc) is 3.06. The number of hydrogen-bond donors (Lipinski definition) is 1. The Morgan fingerprint density at radius 1 is 0.909 bits per heavy atom. The summed E-state index contributed by atoms with van der Waals surface area (Å²) < 4.78 is 17.3. The third-order valence-corrected chi connectivity index (χ3v) is 4.59. The maximum absolute atomic E-state index is 6.31. The molecule has 0 aromatic heterocycles. The van der Waals surface area contributed by atoms with Crippen LogP contribution in [0.5, 0.6) is 17.2 Å². The van der Waals surface area contributed by atoms with E-state index in [1.165, 1.54) is 0 Å². The second-order valence-corrected chi connectivity index (χ2v) is 5.70. The minimum atomic E-state index is -0.512. The maximum Gasteiger partial charge on any atom is 0.165 e. The molecule has 1 spiro atoms. The third kappa shape index (κ3) is 1.31. The van der Waals surface area contributed by atoms with Gasteiger partial charge in [0.1, 0.15) is 36.8 Å². The Balaban J connectivity index is 1.76. The summed E-state index contributed by atoms with van der Waals surface area (Å²) in [5.41, 5.74) is 8.80. The zero-order chi connectivity index (χ0) is 14.7. The molecule has 2 N–H and O–H groups in total. The van der Waals surface area contributed by atoms with Crippen molar-refractivity contribution in [3.8, 4) is 17.2 Å². The molecule has 2 aromatic carbocycles. The van der Waals surface area contributed by atoms with Crippen molar-refractivity contribution in [3.05, 3.63) is 47.5 Å². The number of benzene rings is 2. The summed E-state index contributed by atoms with van der Waals surface area (Å²) in [5.74, 6) is 2.83. The summed E-state index contributed by atoms with van der Waals surface area (Å²) in [6, 6.07) is 11.9. The minimum Gasteiger partial charge on any atom is -0.491 e. The number of amidine groups is 1. The van der Waals surface area contributed by atoms with Crippen LogP contribution in [0.15, 0.2) is 41.4 Å². The van der Waals surface area contributed by atoms with Gasteiger partial charge in [-0.2, -0.15) is 0 Å². The molecule has 1 unspecified atom stereocenters. The first-order valence-electron chi connectivity index (χ1n) is 7.30. The van der Waals surface area contributed by atoms with Crippen LogP contribution in [0.2, 0.25) is 0 Å². The molecule has 1 atom stereocenters.